The minimum Gasteiger partial charge on any atom is -0.345 e. The van der Waals surface area contributed by atoms with Crippen molar-refractivity contribution in [2.24, 2.45) is 7.05 Å². The molecule has 3 heterocycles. The van der Waals surface area contributed by atoms with Crippen molar-refractivity contribution in [2.45, 2.75) is 18.9 Å². The predicted molar refractivity (Wildman–Crippen MR) is 79.5 cm³/mol. The molecule has 0 unspecified atom stereocenters. The molecule has 0 spiro atoms. The zero-order chi connectivity index (χ0) is 15.0. The van der Waals surface area contributed by atoms with Gasteiger partial charge in [0.05, 0.1) is 11.1 Å². The lowest BCUT2D eigenvalue weighted by Gasteiger charge is -2.37. The van der Waals surface area contributed by atoms with Gasteiger partial charge in [-0.2, -0.15) is 0 Å². The first kappa shape index (κ1) is 14.3. The molecule has 3 rings (SSSR count). The molecule has 21 heavy (non-hydrogen) atoms. The molecule has 2 aliphatic rings. The van der Waals surface area contributed by atoms with Crippen LogP contribution in [0.2, 0.25) is 5.02 Å². The van der Waals surface area contributed by atoms with Crippen molar-refractivity contribution in [1.82, 2.24) is 19.7 Å². The number of nitrogens with zero attached hydrogens (tertiary/aromatic N) is 3. The molecule has 114 valence electrons. The van der Waals surface area contributed by atoms with E-state index < -0.39 is 0 Å². The van der Waals surface area contributed by atoms with E-state index in [1.54, 1.807) is 16.8 Å². The maximum atomic E-state index is 12.6. The van der Waals surface area contributed by atoms with Crippen LogP contribution >= 0.6 is 11.6 Å². The number of carbonyl (C=O) groups excluding carboxylic acids is 2. The van der Waals surface area contributed by atoms with E-state index in [0.717, 1.165) is 25.9 Å². The number of aryl methyl sites for hydroxylation is 1. The van der Waals surface area contributed by atoms with Gasteiger partial charge in [-0.1, -0.05) is 11.6 Å². The van der Waals surface area contributed by atoms with E-state index in [1.807, 2.05) is 16.8 Å². The van der Waals surface area contributed by atoms with Gasteiger partial charge in [0.15, 0.2) is 0 Å². The summed E-state index contributed by atoms with van der Waals surface area (Å²) in [6, 6.07) is 1.79. The van der Waals surface area contributed by atoms with Crippen LogP contribution in [0.1, 0.15) is 23.3 Å². The second-order valence-electron chi connectivity index (χ2n) is 5.63. The van der Waals surface area contributed by atoms with Gasteiger partial charge in [0.1, 0.15) is 5.69 Å². The van der Waals surface area contributed by atoms with Gasteiger partial charge in [0.2, 0.25) is 0 Å². The monoisotopic (exact) mass is 310 g/mol. The second-order valence-corrected chi connectivity index (χ2v) is 6.06. The normalized spacial score (nSPS) is 22.6. The van der Waals surface area contributed by atoms with Crippen LogP contribution in [0, 0.1) is 0 Å². The van der Waals surface area contributed by atoms with Crippen molar-refractivity contribution < 1.29 is 9.59 Å². The molecular weight excluding hydrogens is 292 g/mol. The standard InChI is InChI=1S/C14H19ClN4O2/c1-17-8-10(15)7-12(17)13(20)18-5-2-3-11(9-18)19-6-4-16-14(19)21/h7-8,11H,2-6,9H2,1H3,(H,16,21)/t11-/m1/s1. The highest BCUT2D eigenvalue weighted by atomic mass is 35.5. The van der Waals surface area contributed by atoms with Gasteiger partial charge in [-0.25, -0.2) is 4.79 Å². The number of hydrogen-bond acceptors (Lipinski definition) is 2. The van der Waals surface area contributed by atoms with E-state index in [9.17, 15) is 9.59 Å². The Morgan fingerprint density at radius 1 is 1.43 bits per heavy atom. The molecule has 2 aliphatic heterocycles. The Kier molecular flexibility index (Phi) is 3.80. The van der Waals surface area contributed by atoms with Crippen LogP contribution in [0.5, 0.6) is 0 Å². The molecule has 2 fully saturated rings. The summed E-state index contributed by atoms with van der Waals surface area (Å²) in [4.78, 5) is 28.0. The summed E-state index contributed by atoms with van der Waals surface area (Å²) in [7, 11) is 1.81. The van der Waals surface area contributed by atoms with Gasteiger partial charge >= 0.3 is 6.03 Å². The molecular formula is C14H19ClN4O2. The van der Waals surface area contributed by atoms with E-state index in [2.05, 4.69) is 5.32 Å². The summed E-state index contributed by atoms with van der Waals surface area (Å²) in [5.41, 5.74) is 0.589. The van der Waals surface area contributed by atoms with Crippen molar-refractivity contribution in [1.29, 1.82) is 0 Å². The Balaban J connectivity index is 1.72. The average molecular weight is 311 g/mol. The summed E-state index contributed by atoms with van der Waals surface area (Å²) < 4.78 is 1.75. The fraction of sp³-hybridized carbons (Fsp3) is 0.571. The third-order valence-corrected chi connectivity index (χ3v) is 4.41. The van der Waals surface area contributed by atoms with E-state index in [4.69, 9.17) is 11.6 Å². The predicted octanol–water partition coefficient (Wildman–Crippen LogP) is 1.31. The Labute approximate surface area is 128 Å². The highest BCUT2D eigenvalue weighted by Crippen LogP contribution is 2.21. The Morgan fingerprint density at radius 3 is 2.86 bits per heavy atom. The summed E-state index contributed by atoms with van der Waals surface area (Å²) in [5.74, 6) is -0.0197. The molecule has 2 saturated heterocycles. The minimum atomic E-state index is -0.0197. The molecule has 0 aliphatic carbocycles. The number of nitrogens with one attached hydrogen (secondary N) is 1. The molecule has 0 aromatic carbocycles. The van der Waals surface area contributed by atoms with Gasteiger partial charge in [0.25, 0.3) is 5.91 Å². The fourth-order valence-electron chi connectivity index (χ4n) is 3.13. The van der Waals surface area contributed by atoms with Crippen LogP contribution < -0.4 is 5.32 Å². The summed E-state index contributed by atoms with van der Waals surface area (Å²) in [6.07, 6.45) is 3.59. The van der Waals surface area contributed by atoms with Crippen molar-refractivity contribution in [3.05, 3.63) is 23.0 Å². The summed E-state index contributed by atoms with van der Waals surface area (Å²) >= 11 is 5.95. The molecule has 1 atom stereocenters. The molecule has 3 amide bonds. The first-order chi connectivity index (χ1) is 10.1. The number of halogens is 1. The fourth-order valence-corrected chi connectivity index (χ4v) is 3.38. The maximum Gasteiger partial charge on any atom is 0.317 e. The zero-order valence-electron chi connectivity index (χ0n) is 12.0. The maximum absolute atomic E-state index is 12.6. The third-order valence-electron chi connectivity index (χ3n) is 4.20. The van der Waals surface area contributed by atoms with Crippen molar-refractivity contribution in [2.75, 3.05) is 26.2 Å². The number of aromatic nitrogens is 1. The molecule has 6 nitrogen and oxygen atoms in total. The number of carbonyl (C=O) groups is 2. The second kappa shape index (κ2) is 5.60. The summed E-state index contributed by atoms with van der Waals surface area (Å²) in [5, 5.41) is 3.38. The number of hydrogen-bond donors (Lipinski definition) is 1. The number of rotatable bonds is 2. The van der Waals surface area contributed by atoms with Crippen LogP contribution in [0.4, 0.5) is 4.79 Å². The van der Waals surface area contributed by atoms with Gasteiger partial charge in [-0.15, -0.1) is 0 Å². The Bertz CT molecular complexity index is 571. The van der Waals surface area contributed by atoms with E-state index >= 15 is 0 Å². The number of likely N-dealkylation sites (tertiary alicyclic amines) is 1. The van der Waals surface area contributed by atoms with Crippen LogP contribution in [0.25, 0.3) is 0 Å². The Morgan fingerprint density at radius 2 is 2.24 bits per heavy atom. The quantitative estimate of drug-likeness (QED) is 0.895. The smallest absolute Gasteiger partial charge is 0.317 e. The highest BCUT2D eigenvalue weighted by molar-refractivity contribution is 6.31. The summed E-state index contributed by atoms with van der Waals surface area (Å²) in [6.45, 7) is 2.74. The molecule has 0 bridgehead atoms. The highest BCUT2D eigenvalue weighted by Gasteiger charge is 2.33. The van der Waals surface area contributed by atoms with Gasteiger partial charge in [-0.3, -0.25) is 4.79 Å². The molecule has 0 saturated carbocycles. The van der Waals surface area contributed by atoms with Crippen LogP contribution in [-0.4, -0.2) is 58.5 Å². The van der Waals surface area contributed by atoms with E-state index in [1.165, 1.54) is 0 Å². The van der Waals surface area contributed by atoms with E-state index in [0.29, 0.717) is 23.8 Å². The largest absolute Gasteiger partial charge is 0.345 e. The molecule has 1 aromatic rings. The van der Waals surface area contributed by atoms with Gasteiger partial charge in [-0.05, 0) is 18.9 Å². The van der Waals surface area contributed by atoms with Gasteiger partial charge in [0, 0.05) is 39.4 Å². The first-order valence-corrected chi connectivity index (χ1v) is 7.59. The zero-order valence-corrected chi connectivity index (χ0v) is 12.8. The molecule has 1 N–H and O–H groups in total. The topological polar surface area (TPSA) is 57.6 Å². The molecule has 0 radical (unpaired) electrons. The van der Waals surface area contributed by atoms with Gasteiger partial charge < -0.3 is 19.7 Å². The Hall–Kier alpha value is -1.69. The van der Waals surface area contributed by atoms with Crippen LogP contribution in [-0.2, 0) is 7.05 Å². The third kappa shape index (κ3) is 2.72. The van der Waals surface area contributed by atoms with Crippen molar-refractivity contribution in [3.63, 3.8) is 0 Å². The van der Waals surface area contributed by atoms with Crippen LogP contribution in [0.3, 0.4) is 0 Å². The van der Waals surface area contributed by atoms with Crippen molar-refractivity contribution in [3.8, 4) is 0 Å². The van der Waals surface area contributed by atoms with Crippen molar-refractivity contribution >= 4 is 23.5 Å². The van der Waals surface area contributed by atoms with E-state index in [-0.39, 0.29) is 18.0 Å². The number of amides is 3. The lowest BCUT2D eigenvalue weighted by molar-refractivity contribution is 0.0625. The molecule has 1 aromatic heterocycles. The lowest BCUT2D eigenvalue weighted by atomic mass is 10.0. The first-order valence-electron chi connectivity index (χ1n) is 7.22. The van der Waals surface area contributed by atoms with Crippen LogP contribution in [0.15, 0.2) is 12.3 Å². The lowest BCUT2D eigenvalue weighted by Crippen LogP contribution is -2.50. The molecule has 7 heteroatoms. The number of urea groups is 1. The number of piperidine rings is 1. The SMILES string of the molecule is Cn1cc(Cl)cc1C(=O)N1CCC[C@@H](N2CCNC2=O)C1. The average Bonchev–Trinajstić information content (AvgIpc) is 3.03. The minimum absolute atomic E-state index is 0.0174.